The van der Waals surface area contributed by atoms with Crippen molar-refractivity contribution < 1.29 is 9.53 Å². The third-order valence-electron chi connectivity index (χ3n) is 3.60. The summed E-state index contributed by atoms with van der Waals surface area (Å²) in [6.45, 7) is 4.11. The molecule has 2 rings (SSSR count). The molecule has 2 aromatic carbocycles. The van der Waals surface area contributed by atoms with Gasteiger partial charge in [0.15, 0.2) is 0 Å². The van der Waals surface area contributed by atoms with E-state index >= 15 is 0 Å². The Balaban J connectivity index is 2.23. The lowest BCUT2D eigenvalue weighted by molar-refractivity contribution is 0.0926. The second-order valence-electron chi connectivity index (χ2n) is 5.59. The smallest absolute Gasteiger partial charge is 0.253 e. The van der Waals surface area contributed by atoms with Crippen molar-refractivity contribution in [2.24, 2.45) is 5.92 Å². The maximum absolute atomic E-state index is 12.5. The molecule has 0 bridgehead atoms. The molecule has 0 radical (unpaired) electrons. The average molecular weight is 352 g/mol. The van der Waals surface area contributed by atoms with Crippen molar-refractivity contribution in [3.05, 3.63) is 63.6 Å². The van der Waals surface area contributed by atoms with Crippen LogP contribution in [0.25, 0.3) is 0 Å². The van der Waals surface area contributed by atoms with Gasteiger partial charge in [-0.2, -0.15) is 0 Å². The summed E-state index contributed by atoms with van der Waals surface area (Å²) in [6, 6.07) is 12.4. The first-order valence-electron chi connectivity index (χ1n) is 7.32. The van der Waals surface area contributed by atoms with Crippen LogP contribution < -0.4 is 10.1 Å². The van der Waals surface area contributed by atoms with E-state index in [0.717, 1.165) is 11.3 Å². The molecule has 0 aliphatic carbocycles. The highest BCUT2D eigenvalue weighted by Crippen LogP contribution is 2.26. The largest absolute Gasteiger partial charge is 0.497 e. The van der Waals surface area contributed by atoms with E-state index in [9.17, 15) is 4.79 Å². The number of methoxy groups -OCH3 is 1. The number of nitrogens with one attached hydrogen (secondary N) is 1. The van der Waals surface area contributed by atoms with Crippen LogP contribution in [-0.4, -0.2) is 13.0 Å². The van der Waals surface area contributed by atoms with E-state index in [-0.39, 0.29) is 17.9 Å². The molecule has 0 aromatic heterocycles. The normalized spacial score (nSPS) is 12.1. The Morgan fingerprint density at radius 1 is 1.09 bits per heavy atom. The van der Waals surface area contributed by atoms with Crippen LogP contribution in [0.1, 0.15) is 35.8 Å². The van der Waals surface area contributed by atoms with Crippen LogP contribution in [0.5, 0.6) is 5.75 Å². The van der Waals surface area contributed by atoms with Crippen molar-refractivity contribution in [2.75, 3.05) is 7.11 Å². The quantitative estimate of drug-likeness (QED) is 0.810. The summed E-state index contributed by atoms with van der Waals surface area (Å²) >= 11 is 12.0. The summed E-state index contributed by atoms with van der Waals surface area (Å²) in [5.74, 6) is 0.780. The van der Waals surface area contributed by atoms with E-state index in [1.807, 2.05) is 24.3 Å². The van der Waals surface area contributed by atoms with Gasteiger partial charge in [0.25, 0.3) is 5.91 Å². The van der Waals surface area contributed by atoms with Crippen LogP contribution in [0.4, 0.5) is 0 Å². The first-order chi connectivity index (χ1) is 10.9. The van der Waals surface area contributed by atoms with Crippen molar-refractivity contribution in [2.45, 2.75) is 19.9 Å². The molecule has 2 aromatic rings. The SMILES string of the molecule is COc1ccc(C(NC(=O)c2ccc(Cl)cc2Cl)C(C)C)cc1. The van der Waals surface area contributed by atoms with Crippen LogP contribution >= 0.6 is 23.2 Å². The molecule has 0 saturated carbocycles. The number of carbonyl (C=O) groups is 1. The summed E-state index contributed by atoms with van der Waals surface area (Å²) in [4.78, 5) is 12.5. The molecule has 122 valence electrons. The Bertz CT molecular complexity index is 684. The van der Waals surface area contributed by atoms with E-state index in [1.165, 1.54) is 0 Å². The van der Waals surface area contributed by atoms with Crippen molar-refractivity contribution in [1.29, 1.82) is 0 Å². The average Bonchev–Trinajstić information content (AvgIpc) is 2.52. The van der Waals surface area contributed by atoms with E-state index in [1.54, 1.807) is 25.3 Å². The molecule has 0 saturated heterocycles. The predicted octanol–water partition coefficient (Wildman–Crippen LogP) is 5.13. The lowest BCUT2D eigenvalue weighted by Crippen LogP contribution is -2.31. The minimum Gasteiger partial charge on any atom is -0.497 e. The van der Waals surface area contributed by atoms with Gasteiger partial charge in [0, 0.05) is 5.02 Å². The maximum Gasteiger partial charge on any atom is 0.253 e. The summed E-state index contributed by atoms with van der Waals surface area (Å²) in [6.07, 6.45) is 0. The number of ether oxygens (including phenoxy) is 1. The molecule has 23 heavy (non-hydrogen) atoms. The van der Waals surface area contributed by atoms with Gasteiger partial charge in [-0.05, 0) is 41.8 Å². The van der Waals surface area contributed by atoms with Gasteiger partial charge < -0.3 is 10.1 Å². The molecule has 0 aliphatic rings. The second kappa shape index (κ2) is 7.71. The van der Waals surface area contributed by atoms with E-state index in [4.69, 9.17) is 27.9 Å². The van der Waals surface area contributed by atoms with Crippen molar-refractivity contribution >= 4 is 29.1 Å². The number of hydrogen-bond acceptors (Lipinski definition) is 2. The number of hydrogen-bond donors (Lipinski definition) is 1. The second-order valence-corrected chi connectivity index (χ2v) is 6.44. The van der Waals surface area contributed by atoms with Crippen LogP contribution in [0.2, 0.25) is 10.0 Å². The molecular formula is C18H19Cl2NO2. The molecule has 1 N–H and O–H groups in total. The number of amides is 1. The Hall–Kier alpha value is -1.71. The molecule has 0 heterocycles. The monoisotopic (exact) mass is 351 g/mol. The molecule has 1 unspecified atom stereocenters. The van der Waals surface area contributed by atoms with Gasteiger partial charge in [-0.1, -0.05) is 49.2 Å². The zero-order valence-corrected chi connectivity index (χ0v) is 14.8. The third-order valence-corrected chi connectivity index (χ3v) is 4.15. The Morgan fingerprint density at radius 2 is 1.74 bits per heavy atom. The van der Waals surface area contributed by atoms with Gasteiger partial charge in [0.1, 0.15) is 5.75 Å². The fourth-order valence-electron chi connectivity index (χ4n) is 2.34. The number of rotatable bonds is 5. The molecule has 1 atom stereocenters. The van der Waals surface area contributed by atoms with Crippen LogP contribution in [0.15, 0.2) is 42.5 Å². The summed E-state index contributed by atoms with van der Waals surface area (Å²) in [5.41, 5.74) is 1.43. The fraction of sp³-hybridized carbons (Fsp3) is 0.278. The van der Waals surface area contributed by atoms with Crippen molar-refractivity contribution in [3.8, 4) is 5.75 Å². The van der Waals surface area contributed by atoms with E-state index < -0.39 is 0 Å². The van der Waals surface area contributed by atoms with E-state index in [0.29, 0.717) is 15.6 Å². The molecule has 0 fully saturated rings. The summed E-state index contributed by atoms with van der Waals surface area (Å²) in [5, 5.41) is 3.88. The standard InChI is InChI=1S/C18H19Cl2NO2/c1-11(2)17(12-4-7-14(23-3)8-5-12)21-18(22)15-9-6-13(19)10-16(15)20/h4-11,17H,1-3H3,(H,21,22). The molecule has 0 aliphatic heterocycles. The highest BCUT2D eigenvalue weighted by Gasteiger charge is 2.20. The Labute approximate surface area is 146 Å². The minimum absolute atomic E-state index is 0.125. The number of halogens is 2. The van der Waals surface area contributed by atoms with Gasteiger partial charge in [-0.3, -0.25) is 4.79 Å². The van der Waals surface area contributed by atoms with Gasteiger partial charge >= 0.3 is 0 Å². The highest BCUT2D eigenvalue weighted by atomic mass is 35.5. The Morgan fingerprint density at radius 3 is 2.26 bits per heavy atom. The highest BCUT2D eigenvalue weighted by molar-refractivity contribution is 6.36. The van der Waals surface area contributed by atoms with Gasteiger partial charge in [-0.15, -0.1) is 0 Å². The summed E-state index contributed by atoms with van der Waals surface area (Å²) < 4.78 is 5.17. The molecule has 1 amide bonds. The molecular weight excluding hydrogens is 333 g/mol. The van der Waals surface area contributed by atoms with Crippen LogP contribution in [0, 0.1) is 5.92 Å². The summed E-state index contributed by atoms with van der Waals surface area (Å²) in [7, 11) is 1.62. The minimum atomic E-state index is -0.221. The van der Waals surface area contributed by atoms with Gasteiger partial charge in [0.2, 0.25) is 0 Å². The predicted molar refractivity (Wildman–Crippen MR) is 94.5 cm³/mol. The lowest BCUT2D eigenvalue weighted by atomic mass is 9.95. The molecule has 3 nitrogen and oxygen atoms in total. The fourth-order valence-corrected chi connectivity index (χ4v) is 2.83. The number of benzene rings is 2. The molecule has 0 spiro atoms. The Kier molecular flexibility index (Phi) is 5.91. The zero-order valence-electron chi connectivity index (χ0n) is 13.3. The first-order valence-corrected chi connectivity index (χ1v) is 8.08. The molecule has 5 heteroatoms. The lowest BCUT2D eigenvalue weighted by Gasteiger charge is -2.23. The first kappa shape index (κ1) is 17.6. The van der Waals surface area contributed by atoms with Crippen LogP contribution in [-0.2, 0) is 0 Å². The number of carbonyl (C=O) groups excluding carboxylic acids is 1. The maximum atomic E-state index is 12.5. The zero-order chi connectivity index (χ0) is 17.0. The van der Waals surface area contributed by atoms with Crippen LogP contribution in [0.3, 0.4) is 0 Å². The van der Waals surface area contributed by atoms with Crippen molar-refractivity contribution in [1.82, 2.24) is 5.32 Å². The topological polar surface area (TPSA) is 38.3 Å². The third kappa shape index (κ3) is 4.40. The van der Waals surface area contributed by atoms with Gasteiger partial charge in [0.05, 0.1) is 23.7 Å². The van der Waals surface area contributed by atoms with E-state index in [2.05, 4.69) is 19.2 Å². The van der Waals surface area contributed by atoms with Crippen molar-refractivity contribution in [3.63, 3.8) is 0 Å². The van der Waals surface area contributed by atoms with Gasteiger partial charge in [-0.25, -0.2) is 0 Å².